The molecule has 15 nitrogen and oxygen atoms in total. The van der Waals surface area contributed by atoms with Crippen molar-refractivity contribution in [3.05, 3.63) is 33.4 Å². The first-order chi connectivity index (χ1) is 21.8. The van der Waals surface area contributed by atoms with Crippen LogP contribution in [0.3, 0.4) is 0 Å². The number of nitrogens with one attached hydrogen (secondary N) is 4. The Morgan fingerprint density at radius 3 is 2.00 bits per heavy atom. The fourth-order valence-electron chi connectivity index (χ4n) is 3.62. The normalized spacial score (nSPS) is 13.6. The van der Waals surface area contributed by atoms with Crippen LogP contribution in [0.2, 0.25) is 0 Å². The van der Waals surface area contributed by atoms with Gasteiger partial charge >= 0.3 is 5.97 Å². The van der Waals surface area contributed by atoms with Crippen molar-refractivity contribution in [1.82, 2.24) is 21.3 Å². The molecule has 258 valence electrons. The SMILES string of the molecule is COC(=O)CC(NC(=O)C(C)NC(=O)C(NC(=O)C(NC(=O)c1ccc(I)cc1)OCCOCCOCCO)C(C)C)C(=O)CF. The first kappa shape index (κ1) is 40.8. The number of halogens is 2. The Morgan fingerprint density at radius 1 is 0.826 bits per heavy atom. The van der Waals surface area contributed by atoms with E-state index in [0.29, 0.717) is 0 Å². The Morgan fingerprint density at radius 2 is 1.43 bits per heavy atom. The molecule has 5 N–H and O–H groups in total. The number of aliphatic hydroxyl groups is 1. The molecule has 0 aromatic heterocycles. The molecular weight excluding hydrogens is 726 g/mol. The zero-order valence-electron chi connectivity index (χ0n) is 26.1. The topological polar surface area (TPSA) is 208 Å². The third-order valence-corrected chi connectivity index (χ3v) is 6.88. The zero-order valence-corrected chi connectivity index (χ0v) is 28.3. The summed E-state index contributed by atoms with van der Waals surface area (Å²) in [6.45, 7) is 3.51. The molecule has 0 fully saturated rings. The summed E-state index contributed by atoms with van der Waals surface area (Å²) in [7, 11) is 1.07. The molecule has 0 radical (unpaired) electrons. The molecule has 46 heavy (non-hydrogen) atoms. The second-order valence-corrected chi connectivity index (χ2v) is 11.3. The average molecular weight is 769 g/mol. The van der Waals surface area contributed by atoms with E-state index >= 15 is 0 Å². The van der Waals surface area contributed by atoms with Crippen molar-refractivity contribution in [2.45, 2.75) is 51.5 Å². The van der Waals surface area contributed by atoms with Gasteiger partial charge in [0, 0.05) is 9.13 Å². The third-order valence-electron chi connectivity index (χ3n) is 6.16. The lowest BCUT2D eigenvalue weighted by Gasteiger charge is -2.27. The highest BCUT2D eigenvalue weighted by molar-refractivity contribution is 14.1. The Bertz CT molecular complexity index is 1160. The quantitative estimate of drug-likeness (QED) is 0.0445. The number of carbonyl (C=O) groups excluding carboxylic acids is 6. The van der Waals surface area contributed by atoms with E-state index in [2.05, 4.69) is 48.6 Å². The first-order valence-electron chi connectivity index (χ1n) is 14.4. The summed E-state index contributed by atoms with van der Waals surface area (Å²) in [5.74, 6) is -5.54. The Hall–Kier alpha value is -3.26. The van der Waals surface area contributed by atoms with E-state index in [9.17, 15) is 33.2 Å². The minimum Gasteiger partial charge on any atom is -0.469 e. The molecule has 1 aromatic rings. The van der Waals surface area contributed by atoms with Crippen molar-refractivity contribution in [3.63, 3.8) is 0 Å². The van der Waals surface area contributed by atoms with Crippen LogP contribution < -0.4 is 21.3 Å². The van der Waals surface area contributed by atoms with Gasteiger partial charge in [-0.1, -0.05) is 13.8 Å². The lowest BCUT2D eigenvalue weighted by atomic mass is 10.0. The van der Waals surface area contributed by atoms with Crippen molar-refractivity contribution in [1.29, 1.82) is 0 Å². The van der Waals surface area contributed by atoms with Gasteiger partial charge in [-0.2, -0.15) is 0 Å². The van der Waals surface area contributed by atoms with Gasteiger partial charge in [0.05, 0.1) is 53.2 Å². The number of alkyl halides is 1. The Balaban J connectivity index is 2.94. The largest absolute Gasteiger partial charge is 0.469 e. The maximum atomic E-state index is 13.3. The van der Waals surface area contributed by atoms with E-state index in [1.807, 2.05) is 0 Å². The second kappa shape index (κ2) is 22.3. The van der Waals surface area contributed by atoms with Crippen molar-refractivity contribution in [3.8, 4) is 0 Å². The fraction of sp³-hybridized carbons (Fsp3) is 0.586. The van der Waals surface area contributed by atoms with Gasteiger partial charge in [0.1, 0.15) is 24.8 Å². The van der Waals surface area contributed by atoms with E-state index in [4.69, 9.17) is 19.3 Å². The summed E-state index contributed by atoms with van der Waals surface area (Å²) in [6.07, 6.45) is -2.14. The number of amides is 4. The zero-order chi connectivity index (χ0) is 34.6. The minimum atomic E-state index is -1.54. The second-order valence-electron chi connectivity index (χ2n) is 10.1. The van der Waals surface area contributed by atoms with Crippen LogP contribution in [0, 0.1) is 9.49 Å². The molecule has 0 saturated carbocycles. The van der Waals surface area contributed by atoms with Crippen LogP contribution in [-0.4, -0.2) is 118 Å². The van der Waals surface area contributed by atoms with Gasteiger partial charge in [-0.05, 0) is 59.7 Å². The molecule has 17 heteroatoms. The number of benzene rings is 1. The molecule has 0 aliphatic carbocycles. The van der Waals surface area contributed by atoms with Crippen molar-refractivity contribution in [2.75, 3.05) is 53.4 Å². The summed E-state index contributed by atoms with van der Waals surface area (Å²) >= 11 is 2.08. The third kappa shape index (κ3) is 15.4. The number of ether oxygens (including phenoxy) is 4. The van der Waals surface area contributed by atoms with Crippen LogP contribution in [0.25, 0.3) is 0 Å². The summed E-state index contributed by atoms with van der Waals surface area (Å²) in [5, 5.41) is 18.4. The van der Waals surface area contributed by atoms with Crippen LogP contribution in [0.5, 0.6) is 0 Å². The summed E-state index contributed by atoms with van der Waals surface area (Å²) in [4.78, 5) is 75.5. The van der Waals surface area contributed by atoms with Gasteiger partial charge < -0.3 is 45.3 Å². The number of hydrogen-bond donors (Lipinski definition) is 5. The number of esters is 1. The fourth-order valence-corrected chi connectivity index (χ4v) is 3.98. The van der Waals surface area contributed by atoms with E-state index in [-0.39, 0.29) is 45.2 Å². The summed E-state index contributed by atoms with van der Waals surface area (Å²) < 4.78 is 34.4. The standard InChI is InChI=1S/C29H42FIN4O11/c1-17(2)24(27(41)32-18(3)25(39)33-21(22(37)16-30)15-23(38)43-4)34-28(42)29(46-14-13-45-12-11-44-10-9-36)35-26(40)19-5-7-20(31)8-6-19/h5-8,17-18,21,24,29,36H,9-16H2,1-4H3,(H,32,41)(H,33,39)(H,34,42)(H,35,40). The van der Waals surface area contributed by atoms with E-state index in [1.54, 1.807) is 38.1 Å². The predicted molar refractivity (Wildman–Crippen MR) is 169 cm³/mol. The van der Waals surface area contributed by atoms with Crippen LogP contribution in [-0.2, 0) is 42.9 Å². The minimum absolute atomic E-state index is 0.0360. The highest BCUT2D eigenvalue weighted by atomic mass is 127. The van der Waals surface area contributed by atoms with E-state index in [1.165, 1.54) is 6.92 Å². The molecule has 0 bridgehead atoms. The van der Waals surface area contributed by atoms with Crippen LogP contribution in [0.15, 0.2) is 24.3 Å². The van der Waals surface area contributed by atoms with Crippen molar-refractivity contribution >= 4 is 58.0 Å². The lowest BCUT2D eigenvalue weighted by Crippen LogP contribution is -2.59. The highest BCUT2D eigenvalue weighted by Gasteiger charge is 2.32. The monoisotopic (exact) mass is 768 g/mol. The van der Waals surface area contributed by atoms with Gasteiger partial charge in [-0.3, -0.25) is 28.8 Å². The maximum Gasteiger partial charge on any atom is 0.308 e. The smallest absolute Gasteiger partial charge is 0.308 e. The van der Waals surface area contributed by atoms with E-state index < -0.39 is 78.7 Å². The lowest BCUT2D eigenvalue weighted by molar-refractivity contribution is -0.143. The molecule has 0 aliphatic rings. The molecule has 4 amide bonds. The number of hydrogen-bond acceptors (Lipinski definition) is 11. The van der Waals surface area contributed by atoms with Gasteiger partial charge in [0.2, 0.25) is 18.0 Å². The van der Waals surface area contributed by atoms with Crippen LogP contribution in [0.4, 0.5) is 4.39 Å². The average Bonchev–Trinajstić information content (AvgIpc) is 3.03. The molecule has 0 aliphatic heterocycles. The summed E-state index contributed by atoms with van der Waals surface area (Å²) in [6, 6.07) is 2.58. The van der Waals surface area contributed by atoms with Crippen LogP contribution >= 0.6 is 22.6 Å². The number of rotatable bonds is 22. The van der Waals surface area contributed by atoms with E-state index in [0.717, 1.165) is 10.7 Å². The van der Waals surface area contributed by atoms with Crippen LogP contribution in [0.1, 0.15) is 37.6 Å². The van der Waals surface area contributed by atoms with Gasteiger partial charge in [-0.15, -0.1) is 0 Å². The molecular formula is C29H42FIN4O11. The maximum absolute atomic E-state index is 13.3. The predicted octanol–water partition coefficient (Wildman–Crippen LogP) is -0.379. The van der Waals surface area contributed by atoms with Gasteiger partial charge in [0.25, 0.3) is 11.8 Å². The molecule has 0 saturated heterocycles. The molecule has 0 spiro atoms. The van der Waals surface area contributed by atoms with Crippen molar-refractivity contribution in [2.24, 2.45) is 5.92 Å². The molecule has 1 rings (SSSR count). The molecule has 4 unspecified atom stereocenters. The molecule has 4 atom stereocenters. The van der Waals surface area contributed by atoms with Crippen molar-refractivity contribution < 1.29 is 57.2 Å². The number of carbonyl (C=O) groups is 6. The Kier molecular flexibility index (Phi) is 19.8. The van der Waals surface area contributed by atoms with Gasteiger partial charge in [0.15, 0.2) is 5.78 Å². The summed E-state index contributed by atoms with van der Waals surface area (Å²) in [5.41, 5.74) is 0.258. The molecule has 1 aromatic carbocycles. The van der Waals surface area contributed by atoms with Gasteiger partial charge in [-0.25, -0.2) is 4.39 Å². The first-order valence-corrected chi connectivity index (χ1v) is 15.4. The molecule has 0 heterocycles. The number of aliphatic hydroxyl groups excluding tert-OH is 1. The number of ketones is 1. The number of Topliss-reactive ketones (excluding diaryl/α,β-unsaturated/α-hetero) is 1. The highest BCUT2D eigenvalue weighted by Crippen LogP contribution is 2.08. The number of methoxy groups -OCH3 is 1. The Labute approximate surface area is 280 Å².